The first-order valence-corrected chi connectivity index (χ1v) is 12.4. The average molecular weight is 508 g/mol. The molecule has 3 atom stereocenters. The third-order valence-electron chi connectivity index (χ3n) is 6.37. The number of fused-ring (bicyclic) bond motifs is 1. The standard InChI is InChI=1S/C17H18F6N2O5S2/c18-16(19,20)9-25-8-15(24-32(25,28)29)12-2-3-13(15)6-11-7-14(4-1-10(11)5-12)30-31(26,27)17(21,22)23/h1,4,7,12-13,24H,2-3,5-6,8-9H2/t12-,13+,15-/m1/s1. The molecule has 1 spiro atoms. The monoisotopic (exact) mass is 508 g/mol. The molecule has 2 bridgehead atoms. The highest BCUT2D eigenvalue weighted by Gasteiger charge is 2.60. The van der Waals surface area contributed by atoms with Crippen molar-refractivity contribution in [3.8, 4) is 5.75 Å². The molecule has 15 heteroatoms. The van der Waals surface area contributed by atoms with Gasteiger partial charge in [0, 0.05) is 6.54 Å². The smallest absolute Gasteiger partial charge is 0.376 e. The molecule has 0 radical (unpaired) electrons. The Kier molecular flexibility index (Phi) is 5.31. The Morgan fingerprint density at radius 2 is 1.66 bits per heavy atom. The lowest BCUT2D eigenvalue weighted by molar-refractivity contribution is -0.136. The van der Waals surface area contributed by atoms with E-state index in [0.29, 0.717) is 28.3 Å². The van der Waals surface area contributed by atoms with Crippen LogP contribution in [0.2, 0.25) is 0 Å². The van der Waals surface area contributed by atoms with E-state index >= 15 is 0 Å². The molecule has 1 aromatic rings. The lowest BCUT2D eigenvalue weighted by Gasteiger charge is -2.33. The Morgan fingerprint density at radius 1 is 1.06 bits per heavy atom. The molecule has 32 heavy (non-hydrogen) atoms. The molecule has 2 aliphatic carbocycles. The van der Waals surface area contributed by atoms with Crippen LogP contribution in [-0.4, -0.2) is 51.5 Å². The number of nitrogens with zero attached hydrogens (tertiary/aromatic N) is 1. The second kappa shape index (κ2) is 7.21. The van der Waals surface area contributed by atoms with Gasteiger partial charge < -0.3 is 4.18 Å². The van der Waals surface area contributed by atoms with Gasteiger partial charge in [0.1, 0.15) is 12.3 Å². The molecule has 1 heterocycles. The summed E-state index contributed by atoms with van der Waals surface area (Å²) in [4.78, 5) is 0. The van der Waals surface area contributed by atoms with Gasteiger partial charge in [-0.15, -0.1) is 0 Å². The second-order valence-corrected chi connectivity index (χ2v) is 11.5. The highest BCUT2D eigenvalue weighted by molar-refractivity contribution is 7.88. The summed E-state index contributed by atoms with van der Waals surface area (Å²) in [7, 11) is -10.2. The van der Waals surface area contributed by atoms with Crippen molar-refractivity contribution in [2.24, 2.45) is 11.8 Å². The van der Waals surface area contributed by atoms with Crippen LogP contribution in [0.25, 0.3) is 0 Å². The maximum absolute atomic E-state index is 12.9. The molecule has 1 aliphatic heterocycles. The van der Waals surface area contributed by atoms with Crippen LogP contribution in [0.1, 0.15) is 24.0 Å². The van der Waals surface area contributed by atoms with Crippen molar-refractivity contribution < 1.29 is 47.4 Å². The fourth-order valence-corrected chi connectivity index (χ4v) is 7.21. The molecule has 4 rings (SSSR count). The minimum absolute atomic E-state index is 0.150. The van der Waals surface area contributed by atoms with E-state index in [1.165, 1.54) is 6.07 Å². The van der Waals surface area contributed by atoms with Gasteiger partial charge in [-0.1, -0.05) is 6.07 Å². The predicted octanol–water partition coefficient (Wildman–Crippen LogP) is 2.49. The second-order valence-electron chi connectivity index (χ2n) is 8.32. The lowest BCUT2D eigenvalue weighted by Crippen LogP contribution is -2.52. The fraction of sp³-hybridized carbons (Fsp3) is 0.647. The van der Waals surface area contributed by atoms with Gasteiger partial charge >= 0.3 is 21.8 Å². The van der Waals surface area contributed by atoms with Gasteiger partial charge in [-0.2, -0.15) is 52.2 Å². The topological polar surface area (TPSA) is 92.8 Å². The maximum Gasteiger partial charge on any atom is 0.534 e. The first-order chi connectivity index (χ1) is 14.5. The molecule has 1 saturated heterocycles. The van der Waals surface area contributed by atoms with Crippen molar-refractivity contribution >= 4 is 20.3 Å². The van der Waals surface area contributed by atoms with E-state index < -0.39 is 55.8 Å². The number of hydrogen-bond acceptors (Lipinski definition) is 5. The van der Waals surface area contributed by atoms with Crippen LogP contribution in [0.3, 0.4) is 0 Å². The fourth-order valence-electron chi connectivity index (χ4n) is 5.05. The van der Waals surface area contributed by atoms with Crippen molar-refractivity contribution in [2.45, 2.75) is 42.9 Å². The number of halogens is 6. The third-order valence-corrected chi connectivity index (χ3v) is 8.93. The van der Waals surface area contributed by atoms with Crippen molar-refractivity contribution in [1.82, 2.24) is 9.03 Å². The van der Waals surface area contributed by atoms with Crippen molar-refractivity contribution in [1.29, 1.82) is 0 Å². The van der Waals surface area contributed by atoms with Crippen molar-refractivity contribution in [3.05, 3.63) is 29.3 Å². The van der Waals surface area contributed by atoms with E-state index in [2.05, 4.69) is 8.91 Å². The largest absolute Gasteiger partial charge is 0.534 e. The van der Waals surface area contributed by atoms with Crippen molar-refractivity contribution in [3.63, 3.8) is 0 Å². The first-order valence-electron chi connectivity index (χ1n) is 9.51. The Bertz CT molecular complexity index is 1140. The molecule has 0 unspecified atom stereocenters. The summed E-state index contributed by atoms with van der Waals surface area (Å²) >= 11 is 0. The Balaban J connectivity index is 1.63. The summed E-state index contributed by atoms with van der Waals surface area (Å²) in [5.74, 6) is -1.29. The zero-order chi connectivity index (χ0) is 23.7. The molecule has 2 fully saturated rings. The minimum Gasteiger partial charge on any atom is -0.376 e. The normalized spacial score (nSPS) is 30.3. The number of nitrogens with one attached hydrogen (secondary N) is 1. The van der Waals surface area contributed by atoms with Gasteiger partial charge in [0.15, 0.2) is 0 Å². The van der Waals surface area contributed by atoms with Gasteiger partial charge in [0.25, 0.3) is 10.2 Å². The van der Waals surface area contributed by atoms with Crippen molar-refractivity contribution in [2.75, 3.05) is 13.1 Å². The number of hydrogen-bond donors (Lipinski definition) is 1. The number of rotatable bonds is 3. The molecular formula is C17H18F6N2O5S2. The molecule has 1 saturated carbocycles. The quantitative estimate of drug-likeness (QED) is 0.385. The minimum atomic E-state index is -5.86. The molecule has 1 aromatic carbocycles. The molecule has 180 valence electrons. The SMILES string of the molecule is O=S1(=O)N[C@]2(CN1CC(F)(F)F)[C@@H]1CC[C@H]2Cc2cc(OS(=O)(=O)C(F)(F)F)ccc2C1. The average Bonchev–Trinajstić information content (AvgIpc) is 2.98. The highest BCUT2D eigenvalue weighted by atomic mass is 32.2. The zero-order valence-electron chi connectivity index (χ0n) is 16.2. The van der Waals surface area contributed by atoms with Crippen LogP contribution >= 0.6 is 0 Å². The first kappa shape index (κ1) is 23.6. The van der Waals surface area contributed by atoms with E-state index in [1.54, 1.807) is 0 Å². The predicted molar refractivity (Wildman–Crippen MR) is 98.1 cm³/mol. The Morgan fingerprint density at radius 3 is 2.22 bits per heavy atom. The third kappa shape index (κ3) is 4.07. The summed E-state index contributed by atoms with van der Waals surface area (Å²) in [5.41, 5.74) is -5.63. The maximum atomic E-state index is 12.9. The van der Waals surface area contributed by atoms with Crippen LogP contribution in [-0.2, 0) is 33.2 Å². The number of alkyl halides is 6. The van der Waals surface area contributed by atoms with Crippen LogP contribution in [0.5, 0.6) is 5.75 Å². The van der Waals surface area contributed by atoms with Gasteiger partial charge in [0.2, 0.25) is 0 Å². The summed E-state index contributed by atoms with van der Waals surface area (Å²) in [6, 6.07) is 3.63. The van der Waals surface area contributed by atoms with E-state index in [9.17, 15) is 43.2 Å². The van der Waals surface area contributed by atoms with Crippen LogP contribution in [0.4, 0.5) is 26.3 Å². The highest BCUT2D eigenvalue weighted by Crippen LogP contribution is 2.51. The van der Waals surface area contributed by atoms with Crippen LogP contribution in [0.15, 0.2) is 18.2 Å². The summed E-state index contributed by atoms with van der Waals surface area (Å²) in [6.07, 6.45) is -3.23. The van der Waals surface area contributed by atoms with Crippen LogP contribution < -0.4 is 8.91 Å². The molecular weight excluding hydrogens is 490 g/mol. The molecule has 0 aromatic heterocycles. The molecule has 7 nitrogen and oxygen atoms in total. The van der Waals surface area contributed by atoms with Gasteiger partial charge in [-0.05, 0) is 60.8 Å². The summed E-state index contributed by atoms with van der Waals surface area (Å²) in [5, 5.41) is 0. The summed E-state index contributed by atoms with van der Waals surface area (Å²) < 4.78 is 131. The van der Waals surface area contributed by atoms with Gasteiger partial charge in [0.05, 0.1) is 5.54 Å². The van der Waals surface area contributed by atoms with Gasteiger partial charge in [-0.25, -0.2) is 0 Å². The van der Waals surface area contributed by atoms with Gasteiger partial charge in [-0.3, -0.25) is 0 Å². The Labute approximate surface area is 180 Å². The summed E-state index contributed by atoms with van der Waals surface area (Å²) in [6.45, 7) is -1.99. The molecule has 3 aliphatic rings. The van der Waals surface area contributed by atoms with E-state index in [4.69, 9.17) is 0 Å². The van der Waals surface area contributed by atoms with Crippen LogP contribution in [0, 0.1) is 11.8 Å². The molecule has 0 amide bonds. The molecule has 1 N–H and O–H groups in total. The van der Waals surface area contributed by atoms with E-state index in [-0.39, 0.29) is 25.3 Å². The Hall–Kier alpha value is -1.58. The lowest BCUT2D eigenvalue weighted by atomic mass is 9.79. The van der Waals surface area contributed by atoms with E-state index in [1.807, 2.05) is 0 Å². The van der Waals surface area contributed by atoms with E-state index in [0.717, 1.165) is 12.1 Å². The zero-order valence-corrected chi connectivity index (χ0v) is 17.8. The number of benzene rings is 1.